The number of ether oxygens (including phenoxy) is 5. The normalized spacial score (nSPS) is 36.1. The molecule has 1 saturated heterocycles. The van der Waals surface area contributed by atoms with Crippen LogP contribution < -0.4 is 0 Å². The highest BCUT2D eigenvalue weighted by Gasteiger charge is 2.84. The third-order valence-corrected chi connectivity index (χ3v) is 10.7. The topological polar surface area (TPSA) is 148 Å². The third-order valence-electron chi connectivity index (χ3n) is 10.7. The summed E-state index contributed by atoms with van der Waals surface area (Å²) in [6, 6.07) is 11.6. The molecule has 0 N–H and O–H groups in total. The number of carbonyl (C=O) groups excluding carboxylic acids is 5. The molecule has 2 saturated carbocycles. The molecular weight excluding hydrogens is 618 g/mol. The molecule has 0 unspecified atom stereocenters. The number of benzene rings is 1. The van der Waals surface area contributed by atoms with Crippen LogP contribution in [0.5, 0.6) is 0 Å². The zero-order valence-corrected chi connectivity index (χ0v) is 28.1. The number of ketones is 1. The van der Waals surface area contributed by atoms with Gasteiger partial charge in [-0.3, -0.25) is 19.4 Å². The highest BCUT2D eigenvalue weighted by Crippen LogP contribution is 2.69. The summed E-state index contributed by atoms with van der Waals surface area (Å²) in [7, 11) is 0. The maximum absolute atomic E-state index is 14.6. The van der Waals surface area contributed by atoms with Gasteiger partial charge in [0.1, 0.15) is 18.3 Å². The van der Waals surface area contributed by atoms with Crippen LogP contribution in [0.1, 0.15) is 75.6 Å². The number of fused-ring (bicyclic) bond motifs is 1. The van der Waals surface area contributed by atoms with Crippen LogP contribution in [0.25, 0.3) is 0 Å². The van der Waals surface area contributed by atoms with Crippen LogP contribution in [-0.2, 0) is 38.1 Å². The summed E-state index contributed by atoms with van der Waals surface area (Å²) in [6.07, 6.45) is 0.880. The first-order valence-corrected chi connectivity index (χ1v) is 16.3. The predicted octanol–water partition coefficient (Wildman–Crippen LogP) is 4.68. The number of carbonyl (C=O) groups is 5. The van der Waals surface area contributed by atoms with Crippen LogP contribution in [0, 0.1) is 29.1 Å². The Labute approximate surface area is 279 Å². The molecule has 10 atom stereocenters. The molecule has 6 rings (SSSR count). The van der Waals surface area contributed by atoms with Gasteiger partial charge in [-0.2, -0.15) is 0 Å². The van der Waals surface area contributed by atoms with Crippen molar-refractivity contribution in [2.24, 2.45) is 29.1 Å². The molecule has 2 heterocycles. The van der Waals surface area contributed by atoms with Crippen molar-refractivity contribution < 1.29 is 47.7 Å². The Morgan fingerprint density at radius 2 is 1.46 bits per heavy atom. The second kappa shape index (κ2) is 11.9. The van der Waals surface area contributed by atoms with E-state index in [-0.39, 0.29) is 29.2 Å². The van der Waals surface area contributed by atoms with Gasteiger partial charge in [-0.25, -0.2) is 9.59 Å². The predicted molar refractivity (Wildman–Crippen MR) is 169 cm³/mol. The summed E-state index contributed by atoms with van der Waals surface area (Å²) in [5.74, 6) is -4.81. The van der Waals surface area contributed by atoms with Gasteiger partial charge in [-0.1, -0.05) is 45.9 Å². The number of aromatic nitrogens is 1. The Bertz CT molecular complexity index is 1670. The fourth-order valence-electron chi connectivity index (χ4n) is 8.45. The maximum Gasteiger partial charge on any atom is 0.340 e. The molecule has 0 amide bonds. The highest BCUT2D eigenvalue weighted by molar-refractivity contribution is 5.96. The van der Waals surface area contributed by atoms with E-state index in [0.29, 0.717) is 5.57 Å². The number of hydrogen-bond donors (Lipinski definition) is 0. The van der Waals surface area contributed by atoms with E-state index in [1.54, 1.807) is 62.4 Å². The largest absolute Gasteiger partial charge is 0.461 e. The number of pyridine rings is 1. The van der Waals surface area contributed by atoms with E-state index in [1.165, 1.54) is 26.2 Å². The Balaban J connectivity index is 1.54. The molecule has 0 bridgehead atoms. The quantitative estimate of drug-likeness (QED) is 0.184. The molecule has 0 radical (unpaired) electrons. The van der Waals surface area contributed by atoms with Gasteiger partial charge in [0.15, 0.2) is 23.1 Å². The van der Waals surface area contributed by atoms with Gasteiger partial charge in [-0.05, 0) is 60.6 Å². The van der Waals surface area contributed by atoms with Crippen LogP contribution >= 0.6 is 0 Å². The lowest BCUT2D eigenvalue weighted by atomic mass is 9.80. The Kier molecular flexibility index (Phi) is 8.34. The van der Waals surface area contributed by atoms with Crippen LogP contribution in [0.4, 0.5) is 0 Å². The van der Waals surface area contributed by atoms with Gasteiger partial charge in [0.05, 0.1) is 17.0 Å². The zero-order valence-electron chi connectivity index (χ0n) is 28.1. The number of Topliss-reactive ketones (excluding diaryl/α,β-unsaturated/α-hetero) is 1. The average Bonchev–Trinajstić information content (AvgIpc) is 3.84. The minimum absolute atomic E-state index is 0.194. The van der Waals surface area contributed by atoms with E-state index in [2.05, 4.69) is 4.98 Å². The molecule has 1 aromatic heterocycles. The van der Waals surface area contributed by atoms with Crippen LogP contribution in [0.2, 0.25) is 0 Å². The molecule has 11 nitrogen and oxygen atoms in total. The van der Waals surface area contributed by atoms with Crippen molar-refractivity contribution >= 4 is 29.7 Å². The van der Waals surface area contributed by atoms with E-state index in [0.717, 1.165) is 0 Å². The molecule has 48 heavy (non-hydrogen) atoms. The molecule has 11 heteroatoms. The highest BCUT2D eigenvalue weighted by atomic mass is 16.7. The first-order chi connectivity index (χ1) is 22.6. The number of rotatable bonds is 6. The second-order valence-corrected chi connectivity index (χ2v) is 14.2. The summed E-state index contributed by atoms with van der Waals surface area (Å²) in [6.45, 7) is 11.8. The molecule has 254 valence electrons. The van der Waals surface area contributed by atoms with E-state index >= 15 is 0 Å². The van der Waals surface area contributed by atoms with Crippen molar-refractivity contribution in [1.29, 1.82) is 0 Å². The monoisotopic (exact) mass is 659 g/mol. The minimum Gasteiger partial charge on any atom is -0.461 e. The lowest BCUT2D eigenvalue weighted by Gasteiger charge is -2.31. The molecular formula is C37H41NO10. The molecule has 2 aromatic rings. The number of nitrogens with zero attached hydrogens (tertiary/aromatic N) is 1. The van der Waals surface area contributed by atoms with Crippen LogP contribution in [0.3, 0.4) is 0 Å². The first kappa shape index (κ1) is 33.5. The summed E-state index contributed by atoms with van der Waals surface area (Å²) in [5, 5.41) is 0. The van der Waals surface area contributed by atoms with Crippen molar-refractivity contribution in [3.05, 3.63) is 77.6 Å². The SMILES string of the molecule is CC(=O)O[C@@H]1[C@@H]2[C@H]([C@H](OC(=O)c3cccnc3)[C@H](OC(=O)c3ccccc3)C(C)=C[C@@]34O[C@@]3(C[C@H](C)[C@@H]4OC(C)=O)C(=O)[C@H]1C)C2(C)C. The standard InChI is InChI=1S/C37H41NO10/c1-19-16-37-32(45-23(5)40)20(2)17-36(37,48-37)31(41)21(3)29(44-22(4)39)26-27(35(26,6)7)30(47-34(43)25-14-11-15-38-18-25)28(19)46-33(42)24-12-9-8-10-13-24/h8-16,18,20-21,26-30,32H,17H2,1-7H3/t20-,21-,26-,27+,28+,29-,30-,32-,36-,37-/m0/s1. The smallest absolute Gasteiger partial charge is 0.340 e. The van der Waals surface area contributed by atoms with E-state index < -0.39 is 82.7 Å². The zero-order chi connectivity index (χ0) is 34.8. The Morgan fingerprint density at radius 3 is 2.08 bits per heavy atom. The summed E-state index contributed by atoms with van der Waals surface area (Å²) >= 11 is 0. The third kappa shape index (κ3) is 5.41. The molecule has 3 fully saturated rings. The van der Waals surface area contributed by atoms with Gasteiger partial charge in [0.2, 0.25) is 0 Å². The summed E-state index contributed by atoms with van der Waals surface area (Å²) in [5.41, 5.74) is -2.46. The number of esters is 4. The van der Waals surface area contributed by atoms with Crippen molar-refractivity contribution in [1.82, 2.24) is 4.98 Å². The van der Waals surface area contributed by atoms with Crippen molar-refractivity contribution in [3.63, 3.8) is 0 Å². The Morgan fingerprint density at radius 1 is 0.833 bits per heavy atom. The molecule has 0 spiro atoms. The number of epoxide rings is 1. The summed E-state index contributed by atoms with van der Waals surface area (Å²) in [4.78, 5) is 71.0. The lowest BCUT2D eigenvalue weighted by Crippen LogP contribution is -2.43. The van der Waals surface area contributed by atoms with Crippen molar-refractivity contribution in [2.45, 2.75) is 90.5 Å². The second-order valence-electron chi connectivity index (χ2n) is 14.2. The van der Waals surface area contributed by atoms with Gasteiger partial charge >= 0.3 is 23.9 Å². The van der Waals surface area contributed by atoms with E-state index in [1.807, 2.05) is 20.8 Å². The van der Waals surface area contributed by atoms with Gasteiger partial charge in [0, 0.05) is 38.1 Å². The van der Waals surface area contributed by atoms with Crippen molar-refractivity contribution in [3.8, 4) is 0 Å². The molecule has 3 aliphatic carbocycles. The van der Waals surface area contributed by atoms with Gasteiger partial charge in [-0.15, -0.1) is 0 Å². The Hall–Kier alpha value is -4.38. The fraction of sp³-hybridized carbons (Fsp3) is 0.514. The van der Waals surface area contributed by atoms with Gasteiger partial charge in [0.25, 0.3) is 0 Å². The molecule has 4 aliphatic rings. The van der Waals surface area contributed by atoms with Crippen LogP contribution in [0.15, 0.2) is 66.5 Å². The van der Waals surface area contributed by atoms with E-state index in [9.17, 15) is 24.0 Å². The van der Waals surface area contributed by atoms with Crippen molar-refractivity contribution in [2.75, 3.05) is 0 Å². The lowest BCUT2D eigenvalue weighted by molar-refractivity contribution is -0.154. The van der Waals surface area contributed by atoms with E-state index in [4.69, 9.17) is 23.7 Å². The fourth-order valence-corrected chi connectivity index (χ4v) is 8.45. The minimum atomic E-state index is -1.38. The molecule has 1 aliphatic heterocycles. The molecule has 1 aromatic carbocycles. The van der Waals surface area contributed by atoms with Gasteiger partial charge < -0.3 is 23.7 Å². The average molecular weight is 660 g/mol. The number of hydrogen-bond acceptors (Lipinski definition) is 11. The maximum atomic E-state index is 14.6. The first-order valence-electron chi connectivity index (χ1n) is 16.3. The van der Waals surface area contributed by atoms with Crippen LogP contribution in [-0.4, -0.2) is 70.3 Å². The summed E-state index contributed by atoms with van der Waals surface area (Å²) < 4.78 is 30.7.